The summed E-state index contributed by atoms with van der Waals surface area (Å²) in [6.07, 6.45) is 2.98. The van der Waals surface area contributed by atoms with Gasteiger partial charge in [0, 0.05) is 18.5 Å². The molecule has 2 N–H and O–H groups in total. The topological polar surface area (TPSA) is 80.5 Å². The Morgan fingerprint density at radius 1 is 1.39 bits per heavy atom. The van der Waals surface area contributed by atoms with Gasteiger partial charge in [0.05, 0.1) is 11.5 Å². The summed E-state index contributed by atoms with van der Waals surface area (Å²) in [5.41, 5.74) is 5.70. The molecular weight excluding hydrogens is 252 g/mol. The average Bonchev–Trinajstić information content (AvgIpc) is 2.74. The van der Waals surface area contributed by atoms with Gasteiger partial charge in [-0.2, -0.15) is 0 Å². The monoisotopic (exact) mass is 274 g/mol. The molecule has 0 spiro atoms. The van der Waals surface area contributed by atoms with Crippen LogP contribution in [-0.2, 0) is 14.6 Å². The second kappa shape index (κ2) is 5.17. The van der Waals surface area contributed by atoms with E-state index in [1.54, 1.807) is 4.90 Å². The lowest BCUT2D eigenvalue weighted by Crippen LogP contribution is -2.52. The van der Waals surface area contributed by atoms with Gasteiger partial charge in [0.2, 0.25) is 5.91 Å². The summed E-state index contributed by atoms with van der Waals surface area (Å²) < 4.78 is 23.0. The van der Waals surface area contributed by atoms with Gasteiger partial charge in [0.25, 0.3) is 0 Å². The number of nitrogens with zero attached hydrogens (tertiary/aromatic N) is 1. The molecule has 104 valence electrons. The maximum Gasteiger partial charge on any atom is 0.226 e. The van der Waals surface area contributed by atoms with E-state index in [0.29, 0.717) is 13.1 Å². The highest BCUT2D eigenvalue weighted by atomic mass is 32.2. The highest BCUT2D eigenvalue weighted by molar-refractivity contribution is 7.91. The van der Waals surface area contributed by atoms with E-state index in [-0.39, 0.29) is 35.3 Å². The molecule has 2 rings (SSSR count). The molecule has 5 nitrogen and oxygen atoms in total. The zero-order valence-electron chi connectivity index (χ0n) is 10.8. The fraction of sp³-hybridized carbons (Fsp3) is 0.917. The molecule has 1 saturated heterocycles. The number of carbonyl (C=O) groups excluding carboxylic acids is 1. The Morgan fingerprint density at radius 2 is 2.11 bits per heavy atom. The van der Waals surface area contributed by atoms with Crippen LogP contribution in [-0.4, -0.2) is 49.9 Å². The maximum absolute atomic E-state index is 12.5. The van der Waals surface area contributed by atoms with Crippen molar-refractivity contribution in [2.24, 2.45) is 17.6 Å². The Labute approximate surface area is 109 Å². The quantitative estimate of drug-likeness (QED) is 0.769. The summed E-state index contributed by atoms with van der Waals surface area (Å²) >= 11 is 0. The molecule has 0 bridgehead atoms. The van der Waals surface area contributed by atoms with Crippen molar-refractivity contribution in [3.05, 3.63) is 0 Å². The molecule has 1 heterocycles. The molecule has 0 aromatic rings. The van der Waals surface area contributed by atoms with Gasteiger partial charge >= 0.3 is 0 Å². The average molecular weight is 274 g/mol. The molecule has 0 aromatic heterocycles. The van der Waals surface area contributed by atoms with E-state index in [9.17, 15) is 13.2 Å². The van der Waals surface area contributed by atoms with Crippen molar-refractivity contribution in [2.45, 2.75) is 32.2 Å². The Balaban J connectivity index is 2.05. The van der Waals surface area contributed by atoms with Crippen molar-refractivity contribution in [2.75, 3.05) is 24.6 Å². The van der Waals surface area contributed by atoms with Crippen molar-refractivity contribution in [3.8, 4) is 0 Å². The van der Waals surface area contributed by atoms with Gasteiger partial charge in [-0.1, -0.05) is 6.42 Å². The van der Waals surface area contributed by atoms with Crippen LogP contribution in [0, 0.1) is 11.8 Å². The second-order valence-corrected chi connectivity index (χ2v) is 7.76. The lowest BCUT2D eigenvalue weighted by molar-refractivity contribution is -0.138. The van der Waals surface area contributed by atoms with E-state index in [1.807, 2.05) is 6.92 Å². The highest BCUT2D eigenvalue weighted by Crippen LogP contribution is 2.33. The standard InChI is InChI=1S/C12H22N2O3S/c1-9-8-18(16,17)6-5-14(9)12(15)11-4-2-3-10(11)7-13/h9-11H,2-8,13H2,1H3. The lowest BCUT2D eigenvalue weighted by atomic mass is 9.94. The van der Waals surface area contributed by atoms with Crippen LogP contribution < -0.4 is 5.73 Å². The van der Waals surface area contributed by atoms with E-state index in [4.69, 9.17) is 5.73 Å². The van der Waals surface area contributed by atoms with E-state index >= 15 is 0 Å². The Hall–Kier alpha value is -0.620. The van der Waals surface area contributed by atoms with E-state index in [1.165, 1.54) is 0 Å². The largest absolute Gasteiger partial charge is 0.338 e. The summed E-state index contributed by atoms with van der Waals surface area (Å²) in [5.74, 6) is 0.605. The van der Waals surface area contributed by atoms with Gasteiger partial charge in [-0.3, -0.25) is 4.79 Å². The van der Waals surface area contributed by atoms with Gasteiger partial charge in [-0.25, -0.2) is 8.42 Å². The van der Waals surface area contributed by atoms with Crippen LogP contribution in [0.5, 0.6) is 0 Å². The van der Waals surface area contributed by atoms with Crippen molar-refractivity contribution in [1.82, 2.24) is 4.90 Å². The third-order valence-electron chi connectivity index (χ3n) is 4.23. The van der Waals surface area contributed by atoms with E-state index in [0.717, 1.165) is 19.3 Å². The minimum atomic E-state index is -2.96. The molecule has 2 fully saturated rings. The minimum Gasteiger partial charge on any atom is -0.338 e. The molecule has 3 atom stereocenters. The maximum atomic E-state index is 12.5. The molecule has 2 aliphatic rings. The molecular formula is C12H22N2O3S. The smallest absolute Gasteiger partial charge is 0.226 e. The number of nitrogens with two attached hydrogens (primary N) is 1. The molecule has 1 saturated carbocycles. The number of hydrogen-bond donors (Lipinski definition) is 1. The number of hydrogen-bond acceptors (Lipinski definition) is 4. The predicted molar refractivity (Wildman–Crippen MR) is 69.7 cm³/mol. The third-order valence-corrected chi connectivity index (χ3v) is 6.03. The zero-order valence-corrected chi connectivity index (χ0v) is 11.7. The first-order valence-electron chi connectivity index (χ1n) is 6.65. The molecule has 1 aliphatic heterocycles. The molecule has 0 aromatic carbocycles. The molecule has 1 aliphatic carbocycles. The van der Waals surface area contributed by atoms with Crippen LogP contribution in [0.25, 0.3) is 0 Å². The van der Waals surface area contributed by atoms with Gasteiger partial charge in [-0.15, -0.1) is 0 Å². The first-order chi connectivity index (χ1) is 8.44. The Kier molecular flexibility index (Phi) is 3.96. The van der Waals surface area contributed by atoms with Crippen molar-refractivity contribution in [3.63, 3.8) is 0 Å². The molecule has 3 unspecified atom stereocenters. The fourth-order valence-electron chi connectivity index (χ4n) is 3.18. The number of sulfone groups is 1. The first-order valence-corrected chi connectivity index (χ1v) is 8.47. The molecule has 0 radical (unpaired) electrons. The third kappa shape index (κ3) is 2.69. The second-order valence-electron chi connectivity index (χ2n) is 5.53. The van der Waals surface area contributed by atoms with Crippen molar-refractivity contribution in [1.29, 1.82) is 0 Å². The zero-order chi connectivity index (χ0) is 13.3. The van der Waals surface area contributed by atoms with E-state index in [2.05, 4.69) is 0 Å². The Morgan fingerprint density at radius 3 is 2.72 bits per heavy atom. The highest BCUT2D eigenvalue weighted by Gasteiger charge is 2.39. The van der Waals surface area contributed by atoms with Crippen LogP contribution in [0.2, 0.25) is 0 Å². The number of carbonyl (C=O) groups is 1. The van der Waals surface area contributed by atoms with Crippen LogP contribution in [0.4, 0.5) is 0 Å². The summed E-state index contributed by atoms with van der Waals surface area (Å²) in [4.78, 5) is 14.2. The number of amides is 1. The van der Waals surface area contributed by atoms with Crippen LogP contribution >= 0.6 is 0 Å². The van der Waals surface area contributed by atoms with Crippen LogP contribution in [0.1, 0.15) is 26.2 Å². The fourth-order valence-corrected chi connectivity index (χ4v) is 4.74. The summed E-state index contributed by atoms with van der Waals surface area (Å²) in [6.45, 7) is 2.72. The van der Waals surface area contributed by atoms with Crippen molar-refractivity contribution < 1.29 is 13.2 Å². The van der Waals surface area contributed by atoms with Gasteiger partial charge in [0.15, 0.2) is 9.84 Å². The number of rotatable bonds is 2. The van der Waals surface area contributed by atoms with Crippen molar-refractivity contribution >= 4 is 15.7 Å². The minimum absolute atomic E-state index is 0.0123. The molecule has 18 heavy (non-hydrogen) atoms. The van der Waals surface area contributed by atoms with Gasteiger partial charge in [0.1, 0.15) is 0 Å². The van der Waals surface area contributed by atoms with E-state index < -0.39 is 9.84 Å². The van der Waals surface area contributed by atoms with Crippen LogP contribution in [0.3, 0.4) is 0 Å². The first kappa shape index (κ1) is 13.8. The molecule has 6 heteroatoms. The lowest BCUT2D eigenvalue weighted by Gasteiger charge is -2.36. The van der Waals surface area contributed by atoms with Gasteiger partial charge < -0.3 is 10.6 Å². The summed E-state index contributed by atoms with van der Waals surface area (Å²) in [5, 5.41) is 0. The predicted octanol–water partition coefficient (Wildman–Crippen LogP) is 0.00690. The van der Waals surface area contributed by atoms with Gasteiger partial charge in [-0.05, 0) is 32.2 Å². The summed E-state index contributed by atoms with van der Waals surface area (Å²) in [6, 6.07) is -0.199. The SMILES string of the molecule is CC1CS(=O)(=O)CCN1C(=O)C1CCCC1CN. The molecule has 1 amide bonds. The summed E-state index contributed by atoms with van der Waals surface area (Å²) in [7, 11) is -2.96. The van der Waals surface area contributed by atoms with Crippen LogP contribution in [0.15, 0.2) is 0 Å². The Bertz CT molecular complexity index is 421. The normalized spacial score (nSPS) is 35.7.